The molecule has 0 saturated carbocycles. The van der Waals surface area contributed by atoms with Crippen molar-refractivity contribution in [3.05, 3.63) is 23.8 Å². The Morgan fingerprint density at radius 1 is 1.41 bits per heavy atom. The lowest BCUT2D eigenvalue weighted by atomic mass is 10.1. The van der Waals surface area contributed by atoms with E-state index < -0.39 is 0 Å². The van der Waals surface area contributed by atoms with E-state index >= 15 is 0 Å². The van der Waals surface area contributed by atoms with E-state index in [9.17, 15) is 9.90 Å². The van der Waals surface area contributed by atoms with Gasteiger partial charge in [-0.15, -0.1) is 0 Å². The van der Waals surface area contributed by atoms with Crippen molar-refractivity contribution in [2.24, 2.45) is 0 Å². The molecule has 94 valence electrons. The average Bonchev–Trinajstić information content (AvgIpc) is 2.34. The van der Waals surface area contributed by atoms with Gasteiger partial charge in [-0.3, -0.25) is 4.79 Å². The number of ether oxygens (including phenoxy) is 1. The molecule has 1 rings (SSSR count). The van der Waals surface area contributed by atoms with Crippen LogP contribution in [0, 0.1) is 0 Å². The van der Waals surface area contributed by atoms with Crippen molar-refractivity contribution in [1.82, 2.24) is 5.32 Å². The third kappa shape index (κ3) is 3.66. The number of hydrogen-bond donors (Lipinski definition) is 2. The summed E-state index contributed by atoms with van der Waals surface area (Å²) >= 11 is 0. The molecular weight excluding hydrogens is 218 g/mol. The van der Waals surface area contributed by atoms with E-state index in [4.69, 9.17) is 4.74 Å². The molecule has 4 heteroatoms. The Morgan fingerprint density at radius 2 is 2.18 bits per heavy atom. The van der Waals surface area contributed by atoms with Crippen molar-refractivity contribution in [2.75, 3.05) is 13.7 Å². The highest BCUT2D eigenvalue weighted by Crippen LogP contribution is 2.29. The van der Waals surface area contributed by atoms with Crippen LogP contribution in [-0.4, -0.2) is 24.7 Å². The molecule has 0 fully saturated rings. The van der Waals surface area contributed by atoms with Gasteiger partial charge >= 0.3 is 0 Å². The molecule has 0 bridgehead atoms. The summed E-state index contributed by atoms with van der Waals surface area (Å²) in [6, 6.07) is 4.87. The van der Waals surface area contributed by atoms with Crippen molar-refractivity contribution >= 4 is 5.91 Å². The lowest BCUT2D eigenvalue weighted by molar-refractivity contribution is 0.0949. The summed E-state index contributed by atoms with van der Waals surface area (Å²) in [5, 5.41) is 12.5. The van der Waals surface area contributed by atoms with Crippen molar-refractivity contribution in [1.29, 1.82) is 0 Å². The number of carbonyl (C=O) groups excluding carboxylic acids is 1. The summed E-state index contributed by atoms with van der Waals surface area (Å²) < 4.78 is 4.95. The molecule has 0 unspecified atom stereocenters. The van der Waals surface area contributed by atoms with Crippen LogP contribution in [0.15, 0.2) is 18.2 Å². The first-order valence-corrected chi connectivity index (χ1v) is 5.84. The van der Waals surface area contributed by atoms with Crippen LogP contribution in [0.5, 0.6) is 11.5 Å². The molecule has 0 aliphatic carbocycles. The maximum atomic E-state index is 11.8. The highest BCUT2D eigenvalue weighted by Gasteiger charge is 2.13. The van der Waals surface area contributed by atoms with Gasteiger partial charge in [0.25, 0.3) is 5.91 Å². The highest BCUT2D eigenvalue weighted by molar-refractivity contribution is 5.97. The molecule has 0 aromatic heterocycles. The Labute approximate surface area is 102 Å². The Bertz CT molecular complexity index is 377. The van der Waals surface area contributed by atoms with Gasteiger partial charge < -0.3 is 15.2 Å². The predicted molar refractivity (Wildman–Crippen MR) is 66.5 cm³/mol. The van der Waals surface area contributed by atoms with Crippen LogP contribution in [0.4, 0.5) is 0 Å². The second-order valence-corrected chi connectivity index (χ2v) is 3.82. The van der Waals surface area contributed by atoms with Crippen LogP contribution in [0.1, 0.15) is 36.5 Å². The predicted octanol–water partition coefficient (Wildman–Crippen LogP) is 2.32. The van der Waals surface area contributed by atoms with Gasteiger partial charge in [-0.1, -0.05) is 25.8 Å². The van der Waals surface area contributed by atoms with E-state index in [0.29, 0.717) is 12.3 Å². The van der Waals surface area contributed by atoms with Crippen molar-refractivity contribution < 1.29 is 14.6 Å². The number of unbranched alkanes of at least 4 members (excludes halogenated alkanes) is 2. The first kappa shape index (κ1) is 13.4. The van der Waals surface area contributed by atoms with E-state index in [2.05, 4.69) is 12.2 Å². The van der Waals surface area contributed by atoms with Gasteiger partial charge in [-0.25, -0.2) is 0 Å². The van der Waals surface area contributed by atoms with Gasteiger partial charge in [-0.2, -0.15) is 0 Å². The van der Waals surface area contributed by atoms with E-state index in [1.165, 1.54) is 7.11 Å². The molecule has 17 heavy (non-hydrogen) atoms. The second kappa shape index (κ2) is 6.78. The molecule has 1 amide bonds. The molecule has 1 aromatic carbocycles. The van der Waals surface area contributed by atoms with Crippen LogP contribution >= 0.6 is 0 Å². The second-order valence-electron chi connectivity index (χ2n) is 3.82. The van der Waals surface area contributed by atoms with Crippen molar-refractivity contribution in [3.63, 3.8) is 0 Å². The van der Waals surface area contributed by atoms with Crippen molar-refractivity contribution in [2.45, 2.75) is 26.2 Å². The van der Waals surface area contributed by atoms with Crippen LogP contribution in [-0.2, 0) is 0 Å². The summed E-state index contributed by atoms with van der Waals surface area (Å²) in [6.07, 6.45) is 3.15. The first-order chi connectivity index (χ1) is 8.20. The minimum absolute atomic E-state index is 0.108. The monoisotopic (exact) mass is 237 g/mol. The van der Waals surface area contributed by atoms with Crippen LogP contribution in [0.3, 0.4) is 0 Å². The quantitative estimate of drug-likeness (QED) is 0.746. The molecular formula is C13H19NO3. The lowest BCUT2D eigenvalue weighted by Crippen LogP contribution is -2.24. The standard InChI is InChI=1S/C13H19NO3/c1-3-4-5-9-14-13(16)10-7-6-8-11(17-2)12(10)15/h6-8,15H,3-5,9H2,1-2H3,(H,14,16). The van der Waals surface area contributed by atoms with Crippen molar-refractivity contribution in [3.8, 4) is 11.5 Å². The summed E-state index contributed by atoms with van der Waals surface area (Å²) in [7, 11) is 1.46. The summed E-state index contributed by atoms with van der Waals surface area (Å²) in [5.41, 5.74) is 0.251. The molecule has 0 atom stereocenters. The van der Waals surface area contributed by atoms with E-state index in [1.54, 1.807) is 18.2 Å². The number of rotatable bonds is 6. The number of methoxy groups -OCH3 is 1. The maximum Gasteiger partial charge on any atom is 0.255 e. The van der Waals surface area contributed by atoms with Crippen LogP contribution in [0.25, 0.3) is 0 Å². The number of para-hydroxylation sites is 1. The van der Waals surface area contributed by atoms with Crippen LogP contribution in [0.2, 0.25) is 0 Å². The van der Waals surface area contributed by atoms with Crippen LogP contribution < -0.4 is 10.1 Å². The van der Waals surface area contributed by atoms with E-state index in [1.807, 2.05) is 0 Å². The Hall–Kier alpha value is -1.71. The smallest absolute Gasteiger partial charge is 0.255 e. The third-order valence-electron chi connectivity index (χ3n) is 2.53. The SMILES string of the molecule is CCCCCNC(=O)c1cccc(OC)c1O. The zero-order valence-electron chi connectivity index (χ0n) is 10.3. The minimum atomic E-state index is -0.266. The zero-order chi connectivity index (χ0) is 12.7. The molecule has 0 heterocycles. The molecule has 2 N–H and O–H groups in total. The fourth-order valence-electron chi connectivity index (χ4n) is 1.54. The average molecular weight is 237 g/mol. The van der Waals surface area contributed by atoms with Gasteiger partial charge in [0, 0.05) is 6.54 Å². The highest BCUT2D eigenvalue weighted by atomic mass is 16.5. The number of amides is 1. The Kier molecular flexibility index (Phi) is 5.33. The minimum Gasteiger partial charge on any atom is -0.504 e. The molecule has 0 saturated heterocycles. The molecule has 0 aliphatic heterocycles. The number of phenolic OH excluding ortho intramolecular Hbond substituents is 1. The number of carbonyl (C=O) groups is 1. The van der Waals surface area contributed by atoms with E-state index in [-0.39, 0.29) is 17.2 Å². The van der Waals surface area contributed by atoms with Gasteiger partial charge in [0.1, 0.15) is 0 Å². The number of phenols is 1. The van der Waals surface area contributed by atoms with Gasteiger partial charge in [0.2, 0.25) is 0 Å². The first-order valence-electron chi connectivity index (χ1n) is 5.84. The maximum absolute atomic E-state index is 11.8. The normalized spacial score (nSPS) is 10.0. The molecule has 0 radical (unpaired) electrons. The van der Waals surface area contributed by atoms with Gasteiger partial charge in [-0.05, 0) is 18.6 Å². The number of aromatic hydroxyl groups is 1. The fraction of sp³-hybridized carbons (Fsp3) is 0.462. The molecule has 0 aliphatic rings. The summed E-state index contributed by atoms with van der Waals surface area (Å²) in [5.74, 6) is -0.0632. The fourth-order valence-corrected chi connectivity index (χ4v) is 1.54. The summed E-state index contributed by atoms with van der Waals surface area (Å²) in [4.78, 5) is 11.8. The number of hydrogen-bond acceptors (Lipinski definition) is 3. The molecule has 4 nitrogen and oxygen atoms in total. The molecule has 1 aromatic rings. The zero-order valence-corrected chi connectivity index (χ0v) is 10.3. The topological polar surface area (TPSA) is 58.6 Å². The molecule has 0 spiro atoms. The number of nitrogens with one attached hydrogen (secondary N) is 1. The summed E-state index contributed by atoms with van der Waals surface area (Å²) in [6.45, 7) is 2.74. The Balaban J connectivity index is 2.62. The third-order valence-corrected chi connectivity index (χ3v) is 2.53. The van der Waals surface area contributed by atoms with Gasteiger partial charge in [0.15, 0.2) is 11.5 Å². The largest absolute Gasteiger partial charge is 0.504 e. The Morgan fingerprint density at radius 3 is 2.82 bits per heavy atom. The van der Waals surface area contributed by atoms with Gasteiger partial charge in [0.05, 0.1) is 12.7 Å². The lowest BCUT2D eigenvalue weighted by Gasteiger charge is -2.09. The van der Waals surface area contributed by atoms with E-state index in [0.717, 1.165) is 19.3 Å². The number of benzene rings is 1.